The van der Waals surface area contributed by atoms with Gasteiger partial charge in [-0.3, -0.25) is 0 Å². The van der Waals surface area contributed by atoms with E-state index in [1.807, 2.05) is 30.3 Å². The van der Waals surface area contributed by atoms with Crippen molar-refractivity contribution in [2.24, 2.45) is 0 Å². The maximum atomic E-state index is 11.7. The molecule has 1 aromatic carbocycles. The minimum atomic E-state index is -0.257. The molecule has 2 unspecified atom stereocenters. The zero-order valence-corrected chi connectivity index (χ0v) is 10.9. The molecule has 2 atom stereocenters. The third-order valence-corrected chi connectivity index (χ3v) is 3.26. The Morgan fingerprint density at radius 3 is 2.67 bits per heavy atom. The van der Waals surface area contributed by atoms with Crippen LogP contribution in [0.1, 0.15) is 18.9 Å². The van der Waals surface area contributed by atoms with Crippen molar-refractivity contribution in [1.82, 2.24) is 10.2 Å². The van der Waals surface area contributed by atoms with Crippen molar-refractivity contribution in [3.05, 3.63) is 35.9 Å². The molecule has 1 aliphatic heterocycles. The van der Waals surface area contributed by atoms with Gasteiger partial charge in [0.05, 0.1) is 0 Å². The summed E-state index contributed by atoms with van der Waals surface area (Å²) in [5.74, 6) is 0. The van der Waals surface area contributed by atoms with Crippen molar-refractivity contribution in [3.63, 3.8) is 0 Å². The summed E-state index contributed by atoms with van der Waals surface area (Å²) in [5.41, 5.74) is 1.01. The van der Waals surface area contributed by atoms with Crippen molar-refractivity contribution in [3.8, 4) is 0 Å². The highest BCUT2D eigenvalue weighted by Crippen LogP contribution is 2.14. The molecule has 1 aromatic rings. The lowest BCUT2D eigenvalue weighted by Crippen LogP contribution is -2.29. The lowest BCUT2D eigenvalue weighted by atomic mass is 10.2. The van der Waals surface area contributed by atoms with Crippen LogP contribution in [0, 0.1) is 0 Å². The Labute approximate surface area is 108 Å². The van der Waals surface area contributed by atoms with Gasteiger partial charge in [0.15, 0.2) is 0 Å². The Morgan fingerprint density at radius 2 is 2.06 bits per heavy atom. The molecular weight excluding hydrogens is 228 g/mol. The van der Waals surface area contributed by atoms with Crippen molar-refractivity contribution >= 4 is 6.09 Å². The third-order valence-electron chi connectivity index (χ3n) is 3.26. The van der Waals surface area contributed by atoms with Crippen LogP contribution >= 0.6 is 0 Å². The molecule has 4 heteroatoms. The van der Waals surface area contributed by atoms with Crippen LogP contribution < -0.4 is 5.32 Å². The maximum Gasteiger partial charge on any atom is 0.409 e. The van der Waals surface area contributed by atoms with Crippen molar-refractivity contribution in [2.75, 3.05) is 13.6 Å². The first-order valence-corrected chi connectivity index (χ1v) is 6.34. The summed E-state index contributed by atoms with van der Waals surface area (Å²) in [6.07, 6.45) is 0.727. The van der Waals surface area contributed by atoms with Gasteiger partial charge in [-0.15, -0.1) is 0 Å². The zero-order chi connectivity index (χ0) is 13.0. The molecule has 1 aliphatic rings. The van der Waals surface area contributed by atoms with Gasteiger partial charge in [0, 0.05) is 25.7 Å². The van der Waals surface area contributed by atoms with Gasteiger partial charge in [-0.25, -0.2) is 4.79 Å². The summed E-state index contributed by atoms with van der Waals surface area (Å²) in [6.45, 7) is 3.22. The van der Waals surface area contributed by atoms with Gasteiger partial charge in [-0.2, -0.15) is 0 Å². The summed E-state index contributed by atoms with van der Waals surface area (Å²) < 4.78 is 5.24. The van der Waals surface area contributed by atoms with Crippen LogP contribution in [0.2, 0.25) is 0 Å². The highest BCUT2D eigenvalue weighted by molar-refractivity contribution is 5.67. The van der Waals surface area contributed by atoms with Crippen molar-refractivity contribution in [1.29, 1.82) is 0 Å². The first-order chi connectivity index (χ1) is 8.66. The maximum absolute atomic E-state index is 11.7. The first kappa shape index (κ1) is 12.9. The Morgan fingerprint density at radius 1 is 1.39 bits per heavy atom. The lowest BCUT2D eigenvalue weighted by Gasteiger charge is -2.16. The van der Waals surface area contributed by atoms with Gasteiger partial charge in [-0.05, 0) is 18.9 Å². The van der Waals surface area contributed by atoms with Gasteiger partial charge >= 0.3 is 6.09 Å². The average Bonchev–Trinajstić information content (AvgIpc) is 3.10. The number of nitrogens with zero attached hydrogens (tertiary/aromatic N) is 1. The molecule has 1 N–H and O–H groups in total. The summed E-state index contributed by atoms with van der Waals surface area (Å²) in [4.78, 5) is 13.3. The highest BCUT2D eigenvalue weighted by Gasteiger charge is 2.31. The summed E-state index contributed by atoms with van der Waals surface area (Å²) in [6, 6.07) is 10.9. The second kappa shape index (κ2) is 5.87. The van der Waals surface area contributed by atoms with Crippen LogP contribution in [0.3, 0.4) is 0 Å². The summed E-state index contributed by atoms with van der Waals surface area (Å²) >= 11 is 0. The molecule has 2 rings (SSSR count). The minimum absolute atomic E-state index is 0.257. The summed E-state index contributed by atoms with van der Waals surface area (Å²) in [7, 11) is 1.78. The van der Waals surface area contributed by atoms with Crippen LogP contribution in [0.5, 0.6) is 0 Å². The Balaban J connectivity index is 1.67. The quantitative estimate of drug-likeness (QED) is 0.811. The average molecular weight is 248 g/mol. The number of nitrogens with one attached hydrogen (secondary N) is 1. The van der Waals surface area contributed by atoms with Crippen molar-refractivity contribution < 1.29 is 9.53 Å². The Kier molecular flexibility index (Phi) is 4.20. The molecular formula is C14H20N2O2. The van der Waals surface area contributed by atoms with E-state index < -0.39 is 0 Å². The molecule has 0 aromatic heterocycles. The number of hydrogen-bond acceptors (Lipinski definition) is 3. The predicted octanol–water partition coefficient (Wildman–Crippen LogP) is 2.01. The van der Waals surface area contributed by atoms with E-state index in [0.29, 0.717) is 18.7 Å². The van der Waals surface area contributed by atoms with E-state index in [4.69, 9.17) is 4.74 Å². The molecule has 1 saturated heterocycles. The number of rotatable bonds is 5. The van der Waals surface area contributed by atoms with E-state index in [9.17, 15) is 4.79 Å². The van der Waals surface area contributed by atoms with Crippen LogP contribution in [-0.2, 0) is 11.3 Å². The second-order valence-corrected chi connectivity index (χ2v) is 4.81. The summed E-state index contributed by atoms with van der Waals surface area (Å²) in [5, 5.41) is 3.30. The molecule has 0 aliphatic carbocycles. The minimum Gasteiger partial charge on any atom is -0.445 e. The Bertz CT molecular complexity index is 394. The van der Waals surface area contributed by atoms with E-state index in [1.165, 1.54) is 0 Å². The van der Waals surface area contributed by atoms with Crippen LogP contribution in [0.25, 0.3) is 0 Å². The van der Waals surface area contributed by atoms with Gasteiger partial charge in [0.1, 0.15) is 6.61 Å². The fraction of sp³-hybridized carbons (Fsp3) is 0.500. The zero-order valence-electron chi connectivity index (χ0n) is 10.9. The van der Waals surface area contributed by atoms with E-state index in [-0.39, 0.29) is 6.09 Å². The fourth-order valence-electron chi connectivity index (χ4n) is 1.87. The van der Waals surface area contributed by atoms with Crippen LogP contribution in [0.4, 0.5) is 4.79 Å². The molecule has 18 heavy (non-hydrogen) atoms. The normalized spacial score (nSPS) is 21.4. The monoisotopic (exact) mass is 248 g/mol. The van der Waals surface area contributed by atoms with Crippen molar-refractivity contribution in [2.45, 2.75) is 32.0 Å². The number of carbonyl (C=O) groups excluding carboxylic acids is 1. The number of hydrogen-bond donors (Lipinski definition) is 1. The Hall–Kier alpha value is -1.55. The van der Waals surface area contributed by atoms with Gasteiger partial charge in [0.25, 0.3) is 0 Å². The molecule has 0 bridgehead atoms. The smallest absolute Gasteiger partial charge is 0.409 e. The van der Waals surface area contributed by atoms with Gasteiger partial charge in [0.2, 0.25) is 0 Å². The van der Waals surface area contributed by atoms with E-state index in [1.54, 1.807) is 11.9 Å². The molecule has 0 saturated carbocycles. The molecule has 1 heterocycles. The lowest BCUT2D eigenvalue weighted by molar-refractivity contribution is 0.104. The van der Waals surface area contributed by atoms with E-state index in [0.717, 1.165) is 18.5 Å². The number of amides is 1. The SMILES string of the molecule is CC1NC1CCN(C)C(=O)OCc1ccccc1. The second-order valence-electron chi connectivity index (χ2n) is 4.81. The predicted molar refractivity (Wildman–Crippen MR) is 70.3 cm³/mol. The molecule has 1 amide bonds. The molecule has 0 radical (unpaired) electrons. The highest BCUT2D eigenvalue weighted by atomic mass is 16.6. The molecule has 98 valence electrons. The number of ether oxygens (including phenoxy) is 1. The van der Waals surface area contributed by atoms with E-state index in [2.05, 4.69) is 12.2 Å². The molecule has 0 spiro atoms. The van der Waals surface area contributed by atoms with Crippen LogP contribution in [-0.4, -0.2) is 36.7 Å². The van der Waals surface area contributed by atoms with Crippen LogP contribution in [0.15, 0.2) is 30.3 Å². The van der Waals surface area contributed by atoms with Gasteiger partial charge < -0.3 is 15.0 Å². The number of benzene rings is 1. The number of carbonyl (C=O) groups is 1. The largest absolute Gasteiger partial charge is 0.445 e. The topological polar surface area (TPSA) is 51.5 Å². The van der Waals surface area contributed by atoms with E-state index >= 15 is 0 Å². The molecule has 1 fully saturated rings. The molecule has 4 nitrogen and oxygen atoms in total. The van der Waals surface area contributed by atoms with Gasteiger partial charge in [-0.1, -0.05) is 30.3 Å². The standard InChI is InChI=1S/C14H20N2O2/c1-11-13(15-11)8-9-16(2)14(17)18-10-12-6-4-3-5-7-12/h3-7,11,13,15H,8-10H2,1-2H3. The first-order valence-electron chi connectivity index (χ1n) is 6.34. The third kappa shape index (κ3) is 3.74. The fourth-order valence-corrected chi connectivity index (χ4v) is 1.87.